The lowest BCUT2D eigenvalue weighted by atomic mass is 9.97. The van der Waals surface area contributed by atoms with Crippen LogP contribution in [0.25, 0.3) is 0 Å². The third kappa shape index (κ3) is 3.59. The van der Waals surface area contributed by atoms with Crippen LogP contribution in [0.2, 0.25) is 0 Å². The Balaban J connectivity index is 2.17. The second-order valence-corrected chi connectivity index (χ2v) is 4.95. The van der Waals surface area contributed by atoms with Crippen molar-refractivity contribution < 1.29 is 24.0 Å². The molecule has 2 unspecified atom stereocenters. The van der Waals surface area contributed by atoms with Gasteiger partial charge in [-0.15, -0.1) is 0 Å². The largest absolute Gasteiger partial charge is 0.465 e. The maximum Gasteiger partial charge on any atom is 0.337 e. The minimum Gasteiger partial charge on any atom is -0.465 e. The summed E-state index contributed by atoms with van der Waals surface area (Å²) in [7, 11) is 1.25. The van der Waals surface area contributed by atoms with Gasteiger partial charge in [0.1, 0.15) is 11.9 Å². The number of aliphatic hydroxyl groups is 1. The summed E-state index contributed by atoms with van der Waals surface area (Å²) >= 11 is 0. The van der Waals surface area contributed by atoms with Gasteiger partial charge in [-0.3, -0.25) is 4.79 Å². The molecule has 0 radical (unpaired) electrons. The Labute approximate surface area is 137 Å². The molecule has 0 aliphatic carbocycles. The quantitative estimate of drug-likeness (QED) is 0.798. The van der Waals surface area contributed by atoms with E-state index in [9.17, 15) is 20.0 Å². The van der Waals surface area contributed by atoms with Gasteiger partial charge in [0.25, 0.3) is 0 Å². The third-order valence-electron chi connectivity index (χ3n) is 3.40. The Kier molecular flexibility index (Phi) is 5.29. The Bertz CT molecular complexity index is 793. The van der Waals surface area contributed by atoms with Gasteiger partial charge in [0.05, 0.1) is 24.9 Å². The van der Waals surface area contributed by atoms with Crippen LogP contribution < -0.4 is 5.32 Å². The number of aromatic nitrogens is 1. The zero-order valence-corrected chi connectivity index (χ0v) is 13.0. The summed E-state index contributed by atoms with van der Waals surface area (Å²) in [6.45, 7) is 1.57. The number of aliphatic hydroxyl groups excluding tert-OH is 1. The van der Waals surface area contributed by atoms with Crippen LogP contribution >= 0.6 is 0 Å². The minimum absolute atomic E-state index is 0.249. The summed E-state index contributed by atoms with van der Waals surface area (Å²) in [5, 5.41) is 25.5. The fourth-order valence-electron chi connectivity index (χ4n) is 2.10. The molecule has 2 atom stereocenters. The second kappa shape index (κ2) is 7.39. The molecule has 1 aromatic heterocycles. The summed E-state index contributed by atoms with van der Waals surface area (Å²) in [5.41, 5.74) is 0.816. The van der Waals surface area contributed by atoms with Gasteiger partial charge in [0.2, 0.25) is 5.91 Å². The van der Waals surface area contributed by atoms with Gasteiger partial charge in [0.15, 0.2) is 5.92 Å². The van der Waals surface area contributed by atoms with E-state index in [-0.39, 0.29) is 11.1 Å². The number of amides is 1. The van der Waals surface area contributed by atoms with E-state index in [1.165, 1.54) is 25.4 Å². The highest BCUT2D eigenvalue weighted by Gasteiger charge is 2.30. The van der Waals surface area contributed by atoms with Crippen LogP contribution in [0.15, 0.2) is 35.0 Å². The van der Waals surface area contributed by atoms with Crippen LogP contribution in [0.5, 0.6) is 0 Å². The molecule has 2 rings (SSSR count). The van der Waals surface area contributed by atoms with Crippen molar-refractivity contribution in [1.82, 2.24) is 5.16 Å². The number of hydrogen-bond donors (Lipinski definition) is 2. The SMILES string of the molecule is COC(=O)c1cccc(NC(=O)C(C#N)C(O)c2cnoc2C)c1. The average molecular weight is 329 g/mol. The van der Waals surface area contributed by atoms with Crippen molar-refractivity contribution in [2.75, 3.05) is 12.4 Å². The Morgan fingerprint density at radius 2 is 2.21 bits per heavy atom. The Morgan fingerprint density at radius 1 is 1.46 bits per heavy atom. The zero-order valence-electron chi connectivity index (χ0n) is 13.0. The molecular weight excluding hydrogens is 314 g/mol. The van der Waals surface area contributed by atoms with Crippen molar-refractivity contribution >= 4 is 17.6 Å². The van der Waals surface area contributed by atoms with E-state index in [1.54, 1.807) is 25.1 Å². The minimum atomic E-state index is -1.38. The van der Waals surface area contributed by atoms with Crippen LogP contribution in [0.1, 0.15) is 27.8 Å². The van der Waals surface area contributed by atoms with Crippen molar-refractivity contribution in [3.8, 4) is 6.07 Å². The smallest absolute Gasteiger partial charge is 0.337 e. The number of carbonyl (C=O) groups is 2. The van der Waals surface area contributed by atoms with E-state index < -0.39 is 23.9 Å². The number of nitriles is 1. The molecule has 24 heavy (non-hydrogen) atoms. The van der Waals surface area contributed by atoms with Crippen molar-refractivity contribution in [2.24, 2.45) is 5.92 Å². The molecule has 1 aromatic carbocycles. The predicted octanol–water partition coefficient (Wildman–Crippen LogP) is 1.58. The molecule has 0 bridgehead atoms. The topological polar surface area (TPSA) is 125 Å². The number of carbonyl (C=O) groups excluding carboxylic acids is 2. The fourth-order valence-corrected chi connectivity index (χ4v) is 2.10. The first-order chi connectivity index (χ1) is 11.5. The monoisotopic (exact) mass is 329 g/mol. The lowest BCUT2D eigenvalue weighted by Gasteiger charge is -2.15. The summed E-state index contributed by atoms with van der Waals surface area (Å²) in [4.78, 5) is 23.8. The molecule has 2 aromatic rings. The highest BCUT2D eigenvalue weighted by atomic mass is 16.5. The summed E-state index contributed by atoms with van der Waals surface area (Å²) in [6.07, 6.45) is -0.125. The van der Waals surface area contributed by atoms with Gasteiger partial charge in [-0.2, -0.15) is 5.26 Å². The molecule has 0 aliphatic rings. The molecule has 0 fully saturated rings. The molecule has 2 N–H and O–H groups in total. The van der Waals surface area contributed by atoms with Crippen LogP contribution in [-0.4, -0.2) is 29.2 Å². The number of nitrogens with zero attached hydrogens (tertiary/aromatic N) is 2. The standard InChI is InChI=1S/C16H15N3O5/c1-9-13(8-18-24-9)14(20)12(7-17)15(21)19-11-5-3-4-10(6-11)16(22)23-2/h3-6,8,12,14,20H,1-2H3,(H,19,21). The molecule has 8 heteroatoms. The fraction of sp³-hybridized carbons (Fsp3) is 0.250. The first-order valence-electron chi connectivity index (χ1n) is 6.96. The van der Waals surface area contributed by atoms with Gasteiger partial charge >= 0.3 is 5.97 Å². The number of aryl methyl sites for hydroxylation is 1. The zero-order chi connectivity index (χ0) is 17.7. The number of anilines is 1. The molecular formula is C16H15N3O5. The van der Waals surface area contributed by atoms with E-state index in [4.69, 9.17) is 4.52 Å². The van der Waals surface area contributed by atoms with E-state index in [2.05, 4.69) is 15.2 Å². The van der Waals surface area contributed by atoms with Gasteiger partial charge < -0.3 is 19.7 Å². The van der Waals surface area contributed by atoms with Crippen molar-refractivity contribution in [3.05, 3.63) is 47.3 Å². The molecule has 0 spiro atoms. The van der Waals surface area contributed by atoms with Gasteiger partial charge in [0, 0.05) is 11.3 Å². The summed E-state index contributed by atoms with van der Waals surface area (Å²) in [5.74, 6) is -2.32. The number of benzene rings is 1. The van der Waals surface area contributed by atoms with Crippen molar-refractivity contribution in [3.63, 3.8) is 0 Å². The van der Waals surface area contributed by atoms with Crippen LogP contribution in [0.4, 0.5) is 5.69 Å². The lowest BCUT2D eigenvalue weighted by Crippen LogP contribution is -2.27. The van der Waals surface area contributed by atoms with Crippen LogP contribution in [0, 0.1) is 24.2 Å². The van der Waals surface area contributed by atoms with Gasteiger partial charge in [-0.1, -0.05) is 11.2 Å². The van der Waals surface area contributed by atoms with Gasteiger partial charge in [-0.25, -0.2) is 4.79 Å². The summed E-state index contributed by atoms with van der Waals surface area (Å²) < 4.78 is 9.43. The first kappa shape index (κ1) is 17.2. The maximum absolute atomic E-state index is 12.3. The van der Waals surface area contributed by atoms with Crippen LogP contribution in [0.3, 0.4) is 0 Å². The molecule has 1 heterocycles. The molecule has 124 valence electrons. The number of hydrogen-bond acceptors (Lipinski definition) is 7. The molecule has 1 amide bonds. The third-order valence-corrected chi connectivity index (χ3v) is 3.40. The number of methoxy groups -OCH3 is 1. The average Bonchev–Trinajstić information content (AvgIpc) is 3.00. The number of esters is 1. The molecule has 0 saturated carbocycles. The molecule has 0 aliphatic heterocycles. The highest BCUT2D eigenvalue weighted by Crippen LogP contribution is 2.25. The lowest BCUT2D eigenvalue weighted by molar-refractivity contribution is -0.121. The molecule has 0 saturated heterocycles. The van der Waals surface area contributed by atoms with E-state index in [0.29, 0.717) is 11.4 Å². The number of nitrogens with one attached hydrogen (secondary N) is 1. The van der Waals surface area contributed by atoms with E-state index in [0.717, 1.165) is 0 Å². The highest BCUT2D eigenvalue weighted by molar-refractivity contribution is 5.96. The van der Waals surface area contributed by atoms with Crippen molar-refractivity contribution in [1.29, 1.82) is 5.26 Å². The normalized spacial score (nSPS) is 12.8. The number of ether oxygens (including phenoxy) is 1. The van der Waals surface area contributed by atoms with E-state index >= 15 is 0 Å². The second-order valence-electron chi connectivity index (χ2n) is 4.95. The Morgan fingerprint density at radius 3 is 2.79 bits per heavy atom. The Hall–Kier alpha value is -3.18. The van der Waals surface area contributed by atoms with Crippen LogP contribution in [-0.2, 0) is 9.53 Å². The molecule has 8 nitrogen and oxygen atoms in total. The predicted molar refractivity (Wildman–Crippen MR) is 81.7 cm³/mol. The first-order valence-corrected chi connectivity index (χ1v) is 6.96. The van der Waals surface area contributed by atoms with E-state index in [1.807, 2.05) is 0 Å². The summed E-state index contributed by atoms with van der Waals surface area (Å²) in [6, 6.07) is 7.81. The van der Waals surface area contributed by atoms with Gasteiger partial charge in [-0.05, 0) is 25.1 Å². The maximum atomic E-state index is 12.3. The number of rotatable bonds is 5. The van der Waals surface area contributed by atoms with Crippen molar-refractivity contribution in [2.45, 2.75) is 13.0 Å².